The summed E-state index contributed by atoms with van der Waals surface area (Å²) in [6.45, 7) is 10.9. The molecule has 156 valence electrons. The number of benzene rings is 1. The van der Waals surface area contributed by atoms with Crippen molar-refractivity contribution in [2.45, 2.75) is 58.4 Å². The lowest BCUT2D eigenvalue weighted by Crippen LogP contribution is -2.26. The first-order chi connectivity index (χ1) is 13.8. The zero-order valence-corrected chi connectivity index (χ0v) is 17.8. The topological polar surface area (TPSA) is 81.2 Å². The number of rotatable bonds is 6. The molecule has 3 rings (SSSR count). The van der Waals surface area contributed by atoms with E-state index >= 15 is 0 Å². The third-order valence-electron chi connectivity index (χ3n) is 5.66. The maximum Gasteiger partial charge on any atom is 0.267 e. The summed E-state index contributed by atoms with van der Waals surface area (Å²) in [7, 11) is 0. The van der Waals surface area contributed by atoms with Gasteiger partial charge in [-0.3, -0.25) is 20.0 Å². The number of nitrogens with one attached hydrogen (secondary N) is 2. The van der Waals surface area contributed by atoms with Crippen LogP contribution in [0.15, 0.2) is 30.3 Å². The Morgan fingerprint density at radius 1 is 1.34 bits per heavy atom. The molecule has 0 spiro atoms. The highest BCUT2D eigenvalue weighted by Gasteiger charge is 2.27. The minimum atomic E-state index is -0.528. The van der Waals surface area contributed by atoms with E-state index in [9.17, 15) is 4.79 Å². The second-order valence-corrected chi connectivity index (χ2v) is 8.85. The number of nitrogens with zero attached hydrogens (tertiary/aromatic N) is 2. The van der Waals surface area contributed by atoms with Crippen molar-refractivity contribution < 1.29 is 10.0 Å². The summed E-state index contributed by atoms with van der Waals surface area (Å²) in [4.78, 5) is 13.7. The molecule has 1 aromatic carbocycles. The lowest BCUT2D eigenvalue weighted by Gasteiger charge is -2.26. The molecule has 1 saturated heterocycles. The molecule has 0 bridgehead atoms. The lowest BCUT2D eigenvalue weighted by molar-refractivity contribution is -0.124. The maximum absolute atomic E-state index is 11.1. The third-order valence-corrected chi connectivity index (χ3v) is 5.66. The molecule has 1 aliphatic rings. The molecule has 1 aromatic heterocycles. The molecule has 6 heteroatoms. The zero-order chi connectivity index (χ0) is 21.0. The maximum atomic E-state index is 11.1. The van der Waals surface area contributed by atoms with Gasteiger partial charge >= 0.3 is 0 Å². The van der Waals surface area contributed by atoms with Crippen molar-refractivity contribution in [2.75, 3.05) is 13.1 Å². The number of aryl methyl sites for hydroxylation is 1. The van der Waals surface area contributed by atoms with Crippen molar-refractivity contribution in [1.82, 2.24) is 20.6 Å². The van der Waals surface area contributed by atoms with Gasteiger partial charge in [0.1, 0.15) is 0 Å². The van der Waals surface area contributed by atoms with Crippen LogP contribution in [0.3, 0.4) is 0 Å². The summed E-state index contributed by atoms with van der Waals surface area (Å²) in [6, 6.07) is 8.75. The SMILES string of the molecule is Cc1[nH]nc(C(C)(C)C)c1CCN1CCC[C@H]1c1ccc(/C=C/C(=O)NO)cc1. The number of hydroxylamine groups is 1. The molecule has 1 aliphatic heterocycles. The van der Waals surface area contributed by atoms with Gasteiger partial charge in [0.25, 0.3) is 5.91 Å². The minimum Gasteiger partial charge on any atom is -0.296 e. The first-order valence-electron chi connectivity index (χ1n) is 10.3. The summed E-state index contributed by atoms with van der Waals surface area (Å²) >= 11 is 0. The molecule has 1 fully saturated rings. The standard InChI is InChI=1S/C23H32N4O2/c1-16-19(22(25-24-16)23(2,3)4)13-15-27-14-5-6-20(27)18-10-7-17(8-11-18)9-12-21(28)26-29/h7-12,20,29H,5-6,13-15H2,1-4H3,(H,24,25)(H,26,28)/b12-9+/t20-/m0/s1. The van der Waals surface area contributed by atoms with Crippen LogP contribution >= 0.6 is 0 Å². The van der Waals surface area contributed by atoms with Crippen LogP contribution in [-0.4, -0.2) is 39.3 Å². The fraction of sp³-hybridized carbons (Fsp3) is 0.478. The van der Waals surface area contributed by atoms with E-state index in [0.717, 1.165) is 25.1 Å². The number of aromatic amines is 1. The average molecular weight is 397 g/mol. The normalized spacial score (nSPS) is 17.9. The molecule has 6 nitrogen and oxygen atoms in total. The number of hydrogen-bond donors (Lipinski definition) is 3. The molecule has 0 radical (unpaired) electrons. The van der Waals surface area contributed by atoms with Crippen LogP contribution in [0, 0.1) is 6.92 Å². The van der Waals surface area contributed by atoms with E-state index in [-0.39, 0.29) is 5.41 Å². The number of hydrogen-bond acceptors (Lipinski definition) is 4. The Morgan fingerprint density at radius 3 is 2.72 bits per heavy atom. The number of H-pyrrole nitrogens is 1. The Kier molecular flexibility index (Phi) is 6.55. The van der Waals surface area contributed by atoms with E-state index < -0.39 is 5.91 Å². The van der Waals surface area contributed by atoms with E-state index in [2.05, 4.69) is 54.9 Å². The molecule has 1 amide bonds. The number of likely N-dealkylation sites (tertiary alicyclic amines) is 1. The van der Waals surface area contributed by atoms with Crippen molar-refractivity contribution in [3.63, 3.8) is 0 Å². The van der Waals surface area contributed by atoms with Crippen LogP contribution in [0.25, 0.3) is 6.08 Å². The Hall–Kier alpha value is -2.44. The molecule has 29 heavy (non-hydrogen) atoms. The van der Waals surface area contributed by atoms with Crippen molar-refractivity contribution in [3.05, 3.63) is 58.4 Å². The predicted molar refractivity (Wildman–Crippen MR) is 115 cm³/mol. The van der Waals surface area contributed by atoms with Gasteiger partial charge in [-0.25, -0.2) is 5.48 Å². The van der Waals surface area contributed by atoms with Gasteiger partial charge in [-0.2, -0.15) is 5.10 Å². The second kappa shape index (κ2) is 8.93. The molecular formula is C23H32N4O2. The van der Waals surface area contributed by atoms with E-state index in [1.807, 2.05) is 12.1 Å². The second-order valence-electron chi connectivity index (χ2n) is 8.85. The van der Waals surface area contributed by atoms with Crippen LogP contribution in [0.5, 0.6) is 0 Å². The van der Waals surface area contributed by atoms with Crippen LogP contribution in [0.1, 0.15) is 67.7 Å². The number of carbonyl (C=O) groups excluding carboxylic acids is 1. The highest BCUT2D eigenvalue weighted by atomic mass is 16.5. The van der Waals surface area contributed by atoms with Crippen molar-refractivity contribution in [1.29, 1.82) is 0 Å². The van der Waals surface area contributed by atoms with Crippen molar-refractivity contribution in [2.24, 2.45) is 0 Å². The highest BCUT2D eigenvalue weighted by molar-refractivity contribution is 5.90. The molecule has 0 saturated carbocycles. The van der Waals surface area contributed by atoms with Gasteiger partial charge in [-0.15, -0.1) is 0 Å². The molecule has 0 aliphatic carbocycles. The van der Waals surface area contributed by atoms with Crippen LogP contribution < -0.4 is 5.48 Å². The largest absolute Gasteiger partial charge is 0.296 e. The Labute approximate surface area is 173 Å². The van der Waals surface area contributed by atoms with Crippen LogP contribution in [0.2, 0.25) is 0 Å². The van der Waals surface area contributed by atoms with Crippen molar-refractivity contribution in [3.8, 4) is 0 Å². The highest BCUT2D eigenvalue weighted by Crippen LogP contribution is 2.33. The van der Waals surface area contributed by atoms with Crippen molar-refractivity contribution >= 4 is 12.0 Å². The van der Waals surface area contributed by atoms with E-state index in [0.29, 0.717) is 6.04 Å². The minimum absolute atomic E-state index is 0.0424. The lowest BCUT2D eigenvalue weighted by atomic mass is 9.88. The van der Waals surface area contributed by atoms with Crippen LogP contribution in [-0.2, 0) is 16.6 Å². The quantitative estimate of drug-likeness (QED) is 0.393. The van der Waals surface area contributed by atoms with Gasteiger partial charge in [-0.1, -0.05) is 45.0 Å². The third kappa shape index (κ3) is 5.14. The molecular weight excluding hydrogens is 364 g/mol. The van der Waals surface area contributed by atoms with Crippen LogP contribution in [0.4, 0.5) is 0 Å². The zero-order valence-electron chi connectivity index (χ0n) is 17.8. The average Bonchev–Trinajstić information content (AvgIpc) is 3.31. The summed E-state index contributed by atoms with van der Waals surface area (Å²) in [5.74, 6) is -0.528. The fourth-order valence-electron chi connectivity index (χ4n) is 4.14. The molecule has 3 N–H and O–H groups in total. The van der Waals surface area contributed by atoms with E-state index in [1.165, 1.54) is 41.4 Å². The molecule has 0 unspecified atom stereocenters. The van der Waals surface area contributed by atoms with E-state index in [4.69, 9.17) is 5.21 Å². The smallest absolute Gasteiger partial charge is 0.267 e. The van der Waals surface area contributed by atoms with Gasteiger partial charge in [0, 0.05) is 29.8 Å². The van der Waals surface area contributed by atoms with Gasteiger partial charge in [-0.05, 0) is 55.5 Å². The molecule has 1 atom stereocenters. The van der Waals surface area contributed by atoms with Gasteiger partial charge in [0.15, 0.2) is 0 Å². The monoisotopic (exact) mass is 396 g/mol. The predicted octanol–water partition coefficient (Wildman–Crippen LogP) is 3.91. The number of aromatic nitrogens is 2. The fourth-order valence-corrected chi connectivity index (χ4v) is 4.14. The summed E-state index contributed by atoms with van der Waals surface area (Å²) in [5, 5.41) is 16.3. The number of carbonyl (C=O) groups is 1. The van der Waals surface area contributed by atoms with Gasteiger partial charge in [0.2, 0.25) is 0 Å². The summed E-state index contributed by atoms with van der Waals surface area (Å²) in [6.07, 6.45) is 6.38. The Balaban J connectivity index is 1.67. The molecule has 2 heterocycles. The first-order valence-corrected chi connectivity index (χ1v) is 10.3. The Morgan fingerprint density at radius 2 is 2.07 bits per heavy atom. The Bertz CT molecular complexity index is 862. The molecule has 2 aromatic rings. The van der Waals surface area contributed by atoms with Gasteiger partial charge < -0.3 is 0 Å². The van der Waals surface area contributed by atoms with E-state index in [1.54, 1.807) is 11.6 Å². The van der Waals surface area contributed by atoms with Gasteiger partial charge in [0.05, 0.1) is 5.69 Å². The summed E-state index contributed by atoms with van der Waals surface area (Å²) in [5.41, 5.74) is 7.59. The first kappa shape index (κ1) is 21.3. The summed E-state index contributed by atoms with van der Waals surface area (Å²) < 4.78 is 0. The number of amides is 1.